The van der Waals surface area contributed by atoms with Gasteiger partial charge in [0.05, 0.1) is 18.8 Å². The zero-order valence-corrected chi connectivity index (χ0v) is 6.17. The smallest absolute Gasteiger partial charge is 0.101 e. The monoisotopic (exact) mass is 143 g/mol. The standard InChI is InChI=1S/C7H13NO2/c1-8-5-4-10-6-2-3-9-7(5)6/h5-8H,2-4H2,1H3. The minimum Gasteiger partial charge on any atom is -0.374 e. The highest BCUT2D eigenvalue weighted by atomic mass is 16.6. The third-order valence-corrected chi connectivity index (χ3v) is 2.34. The number of fused-ring (bicyclic) bond motifs is 1. The third-order valence-electron chi connectivity index (χ3n) is 2.34. The van der Waals surface area contributed by atoms with Gasteiger partial charge in [-0.3, -0.25) is 0 Å². The molecule has 0 aromatic heterocycles. The summed E-state index contributed by atoms with van der Waals surface area (Å²) in [5.74, 6) is 0. The van der Waals surface area contributed by atoms with Crippen LogP contribution in [-0.2, 0) is 9.47 Å². The average Bonchev–Trinajstić information content (AvgIpc) is 2.44. The Morgan fingerprint density at radius 3 is 3.10 bits per heavy atom. The van der Waals surface area contributed by atoms with Crippen LogP contribution < -0.4 is 5.32 Å². The molecule has 1 N–H and O–H groups in total. The van der Waals surface area contributed by atoms with Crippen molar-refractivity contribution in [3.63, 3.8) is 0 Å². The van der Waals surface area contributed by atoms with Gasteiger partial charge in [-0.05, 0) is 13.5 Å². The number of rotatable bonds is 1. The molecule has 2 aliphatic rings. The van der Waals surface area contributed by atoms with Crippen LogP contribution >= 0.6 is 0 Å². The molecule has 3 atom stereocenters. The second-order valence-electron chi connectivity index (χ2n) is 2.89. The Morgan fingerprint density at radius 1 is 1.40 bits per heavy atom. The van der Waals surface area contributed by atoms with E-state index in [0.29, 0.717) is 18.2 Å². The van der Waals surface area contributed by atoms with Crippen LogP contribution in [0.25, 0.3) is 0 Å². The van der Waals surface area contributed by atoms with Crippen molar-refractivity contribution in [1.29, 1.82) is 0 Å². The Kier molecular flexibility index (Phi) is 1.64. The summed E-state index contributed by atoms with van der Waals surface area (Å²) in [6.45, 7) is 1.68. The van der Waals surface area contributed by atoms with E-state index >= 15 is 0 Å². The van der Waals surface area contributed by atoms with Crippen molar-refractivity contribution < 1.29 is 9.47 Å². The molecule has 3 unspecified atom stereocenters. The molecular formula is C7H13NO2. The Labute approximate surface area is 60.7 Å². The first kappa shape index (κ1) is 6.58. The van der Waals surface area contributed by atoms with Gasteiger partial charge in [0.15, 0.2) is 0 Å². The van der Waals surface area contributed by atoms with Gasteiger partial charge < -0.3 is 14.8 Å². The second-order valence-corrected chi connectivity index (χ2v) is 2.89. The number of nitrogens with one attached hydrogen (secondary N) is 1. The highest BCUT2D eigenvalue weighted by molar-refractivity contribution is 4.92. The first-order valence-corrected chi connectivity index (χ1v) is 3.82. The summed E-state index contributed by atoms with van der Waals surface area (Å²) < 4.78 is 11.0. The maximum Gasteiger partial charge on any atom is 0.101 e. The lowest BCUT2D eigenvalue weighted by Crippen LogP contribution is -2.37. The zero-order chi connectivity index (χ0) is 6.97. The van der Waals surface area contributed by atoms with Crippen LogP contribution in [0.15, 0.2) is 0 Å². The SMILES string of the molecule is CNC1COC2CCOC12. The van der Waals surface area contributed by atoms with Crippen LogP contribution in [0.4, 0.5) is 0 Å². The minimum atomic E-state index is 0.324. The lowest BCUT2D eigenvalue weighted by molar-refractivity contribution is 0.0689. The highest BCUT2D eigenvalue weighted by Crippen LogP contribution is 2.25. The maximum absolute atomic E-state index is 5.49. The number of ether oxygens (including phenoxy) is 2. The Hall–Kier alpha value is -0.120. The van der Waals surface area contributed by atoms with Crippen molar-refractivity contribution in [3.05, 3.63) is 0 Å². The van der Waals surface area contributed by atoms with E-state index in [9.17, 15) is 0 Å². The van der Waals surface area contributed by atoms with E-state index in [0.717, 1.165) is 19.6 Å². The maximum atomic E-state index is 5.49. The predicted molar refractivity (Wildman–Crippen MR) is 36.9 cm³/mol. The van der Waals surface area contributed by atoms with E-state index in [2.05, 4.69) is 5.32 Å². The Balaban J connectivity index is 2.01. The summed E-state index contributed by atoms with van der Waals surface area (Å²) in [6, 6.07) is 0.424. The molecule has 10 heavy (non-hydrogen) atoms. The fourth-order valence-corrected chi connectivity index (χ4v) is 1.72. The number of likely N-dealkylation sites (N-methyl/N-ethyl adjacent to an activating group) is 1. The summed E-state index contributed by atoms with van der Waals surface area (Å²) in [6.07, 6.45) is 1.77. The molecule has 2 fully saturated rings. The van der Waals surface area contributed by atoms with E-state index < -0.39 is 0 Å². The lowest BCUT2D eigenvalue weighted by atomic mass is 10.1. The van der Waals surface area contributed by atoms with Gasteiger partial charge in [0.2, 0.25) is 0 Å². The molecule has 3 heteroatoms. The van der Waals surface area contributed by atoms with Gasteiger partial charge in [0, 0.05) is 6.61 Å². The molecule has 0 radical (unpaired) electrons. The molecule has 3 nitrogen and oxygen atoms in total. The normalized spacial score (nSPS) is 45.9. The summed E-state index contributed by atoms with van der Waals surface area (Å²) in [5.41, 5.74) is 0. The van der Waals surface area contributed by atoms with Gasteiger partial charge in [-0.25, -0.2) is 0 Å². The van der Waals surface area contributed by atoms with Gasteiger partial charge >= 0.3 is 0 Å². The van der Waals surface area contributed by atoms with Crippen LogP contribution in [0, 0.1) is 0 Å². The largest absolute Gasteiger partial charge is 0.374 e. The molecule has 0 spiro atoms. The molecule has 2 aliphatic heterocycles. The van der Waals surface area contributed by atoms with E-state index in [-0.39, 0.29) is 0 Å². The number of hydrogen-bond donors (Lipinski definition) is 1. The average molecular weight is 143 g/mol. The first-order chi connectivity index (χ1) is 4.92. The van der Waals surface area contributed by atoms with Gasteiger partial charge in [-0.2, -0.15) is 0 Å². The van der Waals surface area contributed by atoms with Crippen molar-refractivity contribution in [2.45, 2.75) is 24.7 Å². The molecule has 0 aliphatic carbocycles. The zero-order valence-electron chi connectivity index (χ0n) is 6.17. The third kappa shape index (κ3) is 0.856. The molecule has 0 aromatic rings. The molecule has 0 bridgehead atoms. The van der Waals surface area contributed by atoms with Crippen LogP contribution in [0.2, 0.25) is 0 Å². The predicted octanol–water partition coefficient (Wildman–Crippen LogP) is -0.238. The van der Waals surface area contributed by atoms with Gasteiger partial charge in [-0.15, -0.1) is 0 Å². The first-order valence-electron chi connectivity index (χ1n) is 3.82. The van der Waals surface area contributed by atoms with Crippen LogP contribution in [-0.4, -0.2) is 38.5 Å². The fourth-order valence-electron chi connectivity index (χ4n) is 1.72. The summed E-state index contributed by atoms with van der Waals surface area (Å²) >= 11 is 0. The molecule has 2 rings (SSSR count). The molecule has 0 saturated carbocycles. The van der Waals surface area contributed by atoms with E-state index in [1.807, 2.05) is 7.05 Å². The summed E-state index contributed by atoms with van der Waals surface area (Å²) in [4.78, 5) is 0. The van der Waals surface area contributed by atoms with E-state index in [4.69, 9.17) is 9.47 Å². The molecule has 0 amide bonds. The van der Waals surface area contributed by atoms with Crippen LogP contribution in [0.3, 0.4) is 0 Å². The fraction of sp³-hybridized carbons (Fsp3) is 1.00. The highest BCUT2D eigenvalue weighted by Gasteiger charge is 2.40. The summed E-state index contributed by atoms with van der Waals surface area (Å²) in [7, 11) is 1.96. The summed E-state index contributed by atoms with van der Waals surface area (Å²) in [5, 5.41) is 3.19. The molecular weight excluding hydrogens is 130 g/mol. The lowest BCUT2D eigenvalue weighted by Gasteiger charge is -2.13. The van der Waals surface area contributed by atoms with Gasteiger partial charge in [0.1, 0.15) is 6.10 Å². The quantitative estimate of drug-likeness (QED) is 0.549. The molecule has 2 heterocycles. The van der Waals surface area contributed by atoms with E-state index in [1.165, 1.54) is 0 Å². The van der Waals surface area contributed by atoms with Crippen molar-refractivity contribution in [3.8, 4) is 0 Å². The van der Waals surface area contributed by atoms with Crippen molar-refractivity contribution in [1.82, 2.24) is 5.32 Å². The second kappa shape index (κ2) is 2.49. The van der Waals surface area contributed by atoms with E-state index in [1.54, 1.807) is 0 Å². The van der Waals surface area contributed by atoms with Gasteiger partial charge in [0.25, 0.3) is 0 Å². The molecule has 58 valence electrons. The number of hydrogen-bond acceptors (Lipinski definition) is 3. The van der Waals surface area contributed by atoms with Gasteiger partial charge in [-0.1, -0.05) is 0 Å². The van der Waals surface area contributed by atoms with Crippen molar-refractivity contribution in [2.75, 3.05) is 20.3 Å². The van der Waals surface area contributed by atoms with Crippen molar-refractivity contribution in [2.24, 2.45) is 0 Å². The van der Waals surface area contributed by atoms with Crippen LogP contribution in [0.5, 0.6) is 0 Å². The molecule has 0 aromatic carbocycles. The van der Waals surface area contributed by atoms with Crippen LogP contribution in [0.1, 0.15) is 6.42 Å². The molecule has 2 saturated heterocycles. The topological polar surface area (TPSA) is 30.5 Å². The van der Waals surface area contributed by atoms with Crippen molar-refractivity contribution >= 4 is 0 Å². The Morgan fingerprint density at radius 2 is 2.30 bits per heavy atom. The minimum absolute atomic E-state index is 0.324. The Bertz CT molecular complexity index is 129.